The molecule has 0 aromatic carbocycles. The molecule has 2 unspecified atom stereocenters. The third-order valence-electron chi connectivity index (χ3n) is 8.95. The molecule has 0 radical (unpaired) electrons. The number of dihydropyridines is 1. The number of carbonyl (C=O) groups is 2. The van der Waals surface area contributed by atoms with Gasteiger partial charge in [0.1, 0.15) is 6.54 Å². The van der Waals surface area contributed by atoms with Gasteiger partial charge in [-0.2, -0.15) is 0 Å². The molecule has 0 bridgehead atoms. The molecule has 1 aromatic heterocycles. The Hall–Kier alpha value is -2.63. The molecule has 1 aliphatic heterocycles. The summed E-state index contributed by atoms with van der Waals surface area (Å²) in [6, 6.07) is 4.02. The molecule has 2 rings (SSSR count). The largest absolute Gasteiger partial charge is 0.459 e. The Balaban J connectivity index is 2.01. The summed E-state index contributed by atoms with van der Waals surface area (Å²) in [5.74, 6) is -1.34. The Labute approximate surface area is 269 Å². The molecular weight excluding hydrogens is 548 g/mol. The number of rotatable bonds is 22. The van der Waals surface area contributed by atoms with Crippen molar-refractivity contribution in [2.24, 2.45) is 0 Å². The topological polar surface area (TPSA) is 68.5 Å². The second-order valence-corrected chi connectivity index (χ2v) is 12.9. The normalized spacial score (nSPS) is 16.5. The zero-order valence-corrected chi connectivity index (χ0v) is 29.1. The molecule has 1 aromatic rings. The van der Waals surface area contributed by atoms with Gasteiger partial charge in [0, 0.05) is 29.4 Å². The number of unbranched alkanes of at least 4 members (excludes halogenated alkanes) is 13. The zero-order chi connectivity index (χ0) is 32.3. The predicted molar refractivity (Wildman–Crippen MR) is 180 cm³/mol. The lowest BCUT2D eigenvalue weighted by Gasteiger charge is -2.31. The van der Waals surface area contributed by atoms with Crippen molar-refractivity contribution >= 4 is 11.9 Å². The van der Waals surface area contributed by atoms with Gasteiger partial charge in [-0.3, -0.25) is 0 Å². The van der Waals surface area contributed by atoms with Crippen LogP contribution in [0.4, 0.5) is 0 Å². The first-order chi connectivity index (χ1) is 21.2. The van der Waals surface area contributed by atoms with Gasteiger partial charge in [0.25, 0.3) is 0 Å². The van der Waals surface area contributed by atoms with Crippen LogP contribution >= 0.6 is 0 Å². The second kappa shape index (κ2) is 21.2. The number of esters is 2. The van der Waals surface area contributed by atoms with Gasteiger partial charge in [-0.05, 0) is 53.0 Å². The number of aromatic nitrogens is 1. The molecule has 0 saturated heterocycles. The van der Waals surface area contributed by atoms with Crippen molar-refractivity contribution in [2.45, 2.75) is 176 Å². The number of hydrogen-bond acceptors (Lipinski definition) is 5. The molecular formula is C38H63N2O4+. The van der Waals surface area contributed by atoms with Crippen LogP contribution in [-0.4, -0.2) is 24.1 Å². The SMILES string of the molecule is CCCCCCCCCCCCCCCC[n+]1cccc(C2C(C(=O)OC(C)CC)=C(C)NC(C)=C2C(=O)OC(C)CC)c1. The molecule has 0 spiro atoms. The van der Waals surface area contributed by atoms with E-state index in [1.165, 1.54) is 83.5 Å². The van der Waals surface area contributed by atoms with Crippen LogP contribution in [0.2, 0.25) is 0 Å². The first-order valence-electron chi connectivity index (χ1n) is 17.8. The van der Waals surface area contributed by atoms with Crippen molar-refractivity contribution in [3.63, 3.8) is 0 Å². The Morgan fingerprint density at radius 2 is 1.16 bits per heavy atom. The van der Waals surface area contributed by atoms with Crippen molar-refractivity contribution in [3.8, 4) is 0 Å². The number of nitrogens with zero attached hydrogens (tertiary/aromatic N) is 1. The van der Waals surface area contributed by atoms with Crippen molar-refractivity contribution in [2.75, 3.05) is 0 Å². The van der Waals surface area contributed by atoms with E-state index < -0.39 is 17.9 Å². The number of nitrogens with one attached hydrogen (secondary N) is 1. The van der Waals surface area contributed by atoms with E-state index in [0.717, 1.165) is 31.4 Å². The third kappa shape index (κ3) is 12.8. The van der Waals surface area contributed by atoms with E-state index >= 15 is 0 Å². The van der Waals surface area contributed by atoms with Crippen LogP contribution in [0.15, 0.2) is 47.1 Å². The molecule has 0 fully saturated rings. The quantitative estimate of drug-likeness (QED) is 0.0804. The molecule has 6 heteroatoms. The average Bonchev–Trinajstić information content (AvgIpc) is 3.00. The van der Waals surface area contributed by atoms with Crippen LogP contribution in [0.25, 0.3) is 0 Å². The monoisotopic (exact) mass is 611 g/mol. The summed E-state index contributed by atoms with van der Waals surface area (Å²) in [7, 11) is 0. The maximum atomic E-state index is 13.5. The molecule has 0 saturated carbocycles. The van der Waals surface area contributed by atoms with Gasteiger partial charge in [0.15, 0.2) is 12.4 Å². The van der Waals surface area contributed by atoms with E-state index in [4.69, 9.17) is 9.47 Å². The Bertz CT molecular complexity index is 1030. The fourth-order valence-electron chi connectivity index (χ4n) is 5.87. The fourth-order valence-corrected chi connectivity index (χ4v) is 5.87. The molecule has 6 nitrogen and oxygen atoms in total. The number of ether oxygens (including phenoxy) is 2. The highest BCUT2D eigenvalue weighted by molar-refractivity contribution is 5.99. The summed E-state index contributed by atoms with van der Waals surface area (Å²) < 4.78 is 13.8. The minimum Gasteiger partial charge on any atom is -0.459 e. The van der Waals surface area contributed by atoms with E-state index in [2.05, 4.69) is 29.2 Å². The minimum absolute atomic E-state index is 0.216. The summed E-state index contributed by atoms with van der Waals surface area (Å²) in [4.78, 5) is 27.0. The first kappa shape index (κ1) is 37.6. The first-order valence-corrected chi connectivity index (χ1v) is 17.8. The molecule has 0 aliphatic carbocycles. The highest BCUT2D eigenvalue weighted by Gasteiger charge is 2.39. The maximum absolute atomic E-state index is 13.5. The predicted octanol–water partition coefficient (Wildman–Crippen LogP) is 9.37. The number of hydrogen-bond donors (Lipinski definition) is 1. The van der Waals surface area contributed by atoms with E-state index in [0.29, 0.717) is 22.5 Å². The maximum Gasteiger partial charge on any atom is 0.337 e. The van der Waals surface area contributed by atoms with Gasteiger partial charge in [-0.1, -0.05) is 97.8 Å². The van der Waals surface area contributed by atoms with Crippen LogP contribution < -0.4 is 9.88 Å². The molecule has 1 aliphatic rings. The van der Waals surface area contributed by atoms with E-state index in [1.54, 1.807) is 0 Å². The lowest BCUT2D eigenvalue weighted by Crippen LogP contribution is -2.37. The van der Waals surface area contributed by atoms with E-state index in [-0.39, 0.29) is 12.2 Å². The van der Waals surface area contributed by atoms with Gasteiger partial charge in [0.05, 0.1) is 29.3 Å². The average molecular weight is 612 g/mol. The van der Waals surface area contributed by atoms with Crippen LogP contribution in [0.3, 0.4) is 0 Å². The van der Waals surface area contributed by atoms with Crippen LogP contribution in [0, 0.1) is 0 Å². The second-order valence-electron chi connectivity index (χ2n) is 12.9. The van der Waals surface area contributed by atoms with Crippen molar-refractivity contribution < 1.29 is 23.6 Å². The van der Waals surface area contributed by atoms with E-state index in [9.17, 15) is 9.59 Å². The lowest BCUT2D eigenvalue weighted by molar-refractivity contribution is -0.697. The Morgan fingerprint density at radius 3 is 1.59 bits per heavy atom. The fraction of sp³-hybridized carbons (Fsp3) is 0.711. The smallest absolute Gasteiger partial charge is 0.337 e. The molecule has 44 heavy (non-hydrogen) atoms. The third-order valence-corrected chi connectivity index (χ3v) is 8.95. The standard InChI is InChI=1S/C38H62N2O4/c1-8-11-12-13-14-15-16-17-18-19-20-21-22-23-26-40-27-24-25-33(28-40)36-34(37(41)43-29(4)9-2)31(6)39-32(7)35(36)38(42)44-30(5)10-3/h24-25,27-30,36H,8-23,26H2,1-7H3/p+1. The summed E-state index contributed by atoms with van der Waals surface area (Å²) in [6.07, 6.45) is 23.9. The van der Waals surface area contributed by atoms with Crippen molar-refractivity contribution in [1.29, 1.82) is 0 Å². The zero-order valence-electron chi connectivity index (χ0n) is 29.1. The molecule has 1 N–H and O–H groups in total. The highest BCUT2D eigenvalue weighted by Crippen LogP contribution is 2.39. The summed E-state index contributed by atoms with van der Waals surface area (Å²) in [5.41, 5.74) is 3.26. The van der Waals surface area contributed by atoms with Crippen molar-refractivity contribution in [3.05, 3.63) is 52.6 Å². The van der Waals surface area contributed by atoms with Crippen LogP contribution in [-0.2, 0) is 25.6 Å². The minimum atomic E-state index is -0.562. The molecule has 0 amide bonds. The number of aryl methyl sites for hydroxylation is 1. The van der Waals surface area contributed by atoms with Gasteiger partial charge >= 0.3 is 11.9 Å². The number of pyridine rings is 1. The molecule has 2 atom stereocenters. The van der Waals surface area contributed by atoms with E-state index in [1.807, 2.05) is 53.7 Å². The van der Waals surface area contributed by atoms with Gasteiger partial charge in [-0.25, -0.2) is 14.2 Å². The van der Waals surface area contributed by atoms with Gasteiger partial charge in [-0.15, -0.1) is 0 Å². The summed E-state index contributed by atoms with van der Waals surface area (Å²) in [6.45, 7) is 14.7. The Kier molecular flexibility index (Phi) is 18.1. The summed E-state index contributed by atoms with van der Waals surface area (Å²) in [5, 5.41) is 3.27. The van der Waals surface area contributed by atoms with Gasteiger partial charge < -0.3 is 14.8 Å². The molecule has 2 heterocycles. The van der Waals surface area contributed by atoms with Crippen molar-refractivity contribution in [1.82, 2.24) is 5.32 Å². The molecule has 248 valence electrons. The summed E-state index contributed by atoms with van der Waals surface area (Å²) >= 11 is 0. The number of carbonyl (C=O) groups excluding carboxylic acids is 2. The van der Waals surface area contributed by atoms with Gasteiger partial charge in [0.2, 0.25) is 0 Å². The Morgan fingerprint density at radius 1 is 0.727 bits per heavy atom. The van der Waals surface area contributed by atoms with Crippen LogP contribution in [0.5, 0.6) is 0 Å². The number of allylic oxidation sites excluding steroid dienone is 2. The highest BCUT2D eigenvalue weighted by atomic mass is 16.5. The van der Waals surface area contributed by atoms with Crippen LogP contribution in [0.1, 0.15) is 163 Å². The lowest BCUT2D eigenvalue weighted by atomic mass is 9.81.